The summed E-state index contributed by atoms with van der Waals surface area (Å²) in [7, 11) is -3.18. The second kappa shape index (κ2) is 7.52. The molecule has 0 aliphatic carbocycles. The van der Waals surface area contributed by atoms with Gasteiger partial charge in [0.05, 0.1) is 18.7 Å². The van der Waals surface area contributed by atoms with Crippen LogP contribution in [0.4, 0.5) is 0 Å². The summed E-state index contributed by atoms with van der Waals surface area (Å²) in [6.45, 7) is 3.70. The highest BCUT2D eigenvalue weighted by atomic mass is 32.2. The molecule has 0 radical (unpaired) electrons. The van der Waals surface area contributed by atoms with Crippen molar-refractivity contribution in [2.24, 2.45) is 0 Å². The van der Waals surface area contributed by atoms with E-state index in [1.807, 2.05) is 0 Å². The van der Waals surface area contributed by atoms with Crippen LogP contribution in [0.25, 0.3) is 0 Å². The monoisotopic (exact) mass is 220 g/mol. The molecule has 0 aliphatic rings. The molecule has 0 spiro atoms. The molecule has 14 heavy (non-hydrogen) atoms. The summed E-state index contributed by atoms with van der Waals surface area (Å²) in [5, 5.41) is 0. The maximum atomic E-state index is 10.6. The molecule has 0 aliphatic heterocycles. The molecule has 0 saturated heterocycles. The largest absolute Gasteiger partial charge is 0.351 e. The highest BCUT2D eigenvalue weighted by Crippen LogP contribution is 1.94. The predicted octanol–water partition coefficient (Wildman–Crippen LogP) is 1.17. The van der Waals surface area contributed by atoms with Gasteiger partial charge in [-0.05, 0) is 13.3 Å². The Morgan fingerprint density at radius 2 is 2.14 bits per heavy atom. The molecule has 1 aromatic rings. The van der Waals surface area contributed by atoms with Crippen molar-refractivity contribution in [2.75, 3.05) is 12.4 Å². The smallest absolute Gasteiger partial charge is 0.267 e. The molecule has 6 heteroatoms. The third kappa shape index (κ3) is 7.75. The Labute approximate surface area is 84.6 Å². The van der Waals surface area contributed by atoms with Gasteiger partial charge in [-0.25, -0.2) is 4.98 Å². The molecule has 0 aromatic carbocycles. The van der Waals surface area contributed by atoms with Gasteiger partial charge in [0, 0.05) is 12.4 Å². The van der Waals surface area contributed by atoms with Crippen LogP contribution in [-0.2, 0) is 14.3 Å². The first-order valence-electron chi connectivity index (χ1n) is 4.42. The fourth-order valence-electron chi connectivity index (χ4n) is 0.704. The van der Waals surface area contributed by atoms with E-state index in [-0.39, 0.29) is 12.4 Å². The molecule has 1 heterocycles. The van der Waals surface area contributed by atoms with Crippen molar-refractivity contribution in [3.05, 3.63) is 18.7 Å². The minimum atomic E-state index is -3.18. The number of aromatic nitrogens is 2. The quantitative estimate of drug-likeness (QED) is 0.773. The number of rotatable bonds is 4. The van der Waals surface area contributed by atoms with Crippen LogP contribution >= 0.6 is 0 Å². The van der Waals surface area contributed by atoms with E-state index >= 15 is 0 Å². The highest BCUT2D eigenvalue weighted by molar-refractivity contribution is 7.86. The zero-order valence-corrected chi connectivity index (χ0v) is 9.25. The van der Waals surface area contributed by atoms with Gasteiger partial charge in [-0.15, -0.1) is 0 Å². The van der Waals surface area contributed by atoms with Gasteiger partial charge >= 0.3 is 0 Å². The maximum Gasteiger partial charge on any atom is 0.267 e. The maximum absolute atomic E-state index is 10.6. The van der Waals surface area contributed by atoms with E-state index in [1.165, 1.54) is 0 Å². The Morgan fingerprint density at radius 3 is 2.43 bits per heavy atom. The SMILES string of the molecule is CCCS(=O)(=O)OCC.c1c[nH]cn1. The van der Waals surface area contributed by atoms with Crippen LogP contribution in [-0.4, -0.2) is 30.7 Å². The van der Waals surface area contributed by atoms with E-state index in [1.54, 1.807) is 32.6 Å². The van der Waals surface area contributed by atoms with Gasteiger partial charge in [-0.1, -0.05) is 6.92 Å². The Bertz CT molecular complexity index is 265. The molecule has 0 bridgehead atoms. The standard InChI is InChI=1S/C5H12O3S.C3H4N2/c1-3-5-9(6,7)8-4-2;1-2-5-3-4-1/h3-5H2,1-2H3;1-3H,(H,4,5). The minimum absolute atomic E-state index is 0.126. The lowest BCUT2D eigenvalue weighted by atomic mass is 10.6. The Balaban J connectivity index is 0.000000280. The Morgan fingerprint density at radius 1 is 1.43 bits per heavy atom. The van der Waals surface area contributed by atoms with Gasteiger partial charge in [0.2, 0.25) is 0 Å². The lowest BCUT2D eigenvalue weighted by Crippen LogP contribution is -2.09. The number of aromatic amines is 1. The molecule has 1 aromatic heterocycles. The zero-order valence-electron chi connectivity index (χ0n) is 8.43. The van der Waals surface area contributed by atoms with Crippen LogP contribution in [0.3, 0.4) is 0 Å². The lowest BCUT2D eigenvalue weighted by Gasteiger charge is -1.98. The van der Waals surface area contributed by atoms with E-state index < -0.39 is 10.1 Å². The normalized spacial score (nSPS) is 10.4. The minimum Gasteiger partial charge on any atom is -0.351 e. The van der Waals surface area contributed by atoms with E-state index in [9.17, 15) is 8.42 Å². The average molecular weight is 220 g/mol. The second-order valence-corrected chi connectivity index (χ2v) is 4.19. The fourth-order valence-corrected chi connectivity index (χ4v) is 1.68. The Kier molecular flexibility index (Phi) is 7.04. The van der Waals surface area contributed by atoms with Gasteiger partial charge in [0.25, 0.3) is 10.1 Å². The second-order valence-electron chi connectivity index (χ2n) is 2.43. The molecule has 82 valence electrons. The van der Waals surface area contributed by atoms with E-state index in [2.05, 4.69) is 14.2 Å². The van der Waals surface area contributed by atoms with Gasteiger partial charge in [-0.3, -0.25) is 4.18 Å². The molecule has 1 N–H and O–H groups in total. The van der Waals surface area contributed by atoms with Crippen LogP contribution < -0.4 is 0 Å². The number of H-pyrrole nitrogens is 1. The van der Waals surface area contributed by atoms with Crippen LogP contribution in [0.2, 0.25) is 0 Å². The first-order chi connectivity index (χ1) is 6.62. The molecule has 0 saturated carbocycles. The van der Waals surface area contributed by atoms with Crippen molar-refractivity contribution >= 4 is 10.1 Å². The number of hydrogen-bond donors (Lipinski definition) is 1. The highest BCUT2D eigenvalue weighted by Gasteiger charge is 2.05. The molecule has 0 unspecified atom stereocenters. The van der Waals surface area contributed by atoms with Gasteiger partial charge in [0.15, 0.2) is 0 Å². The van der Waals surface area contributed by atoms with Gasteiger partial charge in [0.1, 0.15) is 0 Å². The van der Waals surface area contributed by atoms with E-state index in [0.29, 0.717) is 6.42 Å². The molecule has 0 atom stereocenters. The van der Waals surface area contributed by atoms with Crippen molar-refractivity contribution in [1.82, 2.24) is 9.97 Å². The molecular weight excluding hydrogens is 204 g/mol. The molecular formula is C8H16N2O3S. The summed E-state index contributed by atoms with van der Waals surface area (Å²) in [6, 6.07) is 0. The van der Waals surface area contributed by atoms with Gasteiger partial charge < -0.3 is 4.98 Å². The summed E-state index contributed by atoms with van der Waals surface area (Å²) in [4.78, 5) is 6.42. The number of hydrogen-bond acceptors (Lipinski definition) is 4. The van der Waals surface area contributed by atoms with Crippen molar-refractivity contribution in [3.63, 3.8) is 0 Å². The number of nitrogens with zero attached hydrogens (tertiary/aromatic N) is 1. The number of nitrogens with one attached hydrogen (secondary N) is 1. The topological polar surface area (TPSA) is 72.1 Å². The molecule has 0 fully saturated rings. The number of imidazole rings is 1. The molecule has 0 amide bonds. The lowest BCUT2D eigenvalue weighted by molar-refractivity contribution is 0.338. The van der Waals surface area contributed by atoms with E-state index in [0.717, 1.165) is 0 Å². The van der Waals surface area contributed by atoms with Crippen LogP contribution in [0.5, 0.6) is 0 Å². The van der Waals surface area contributed by atoms with Crippen LogP contribution in [0.1, 0.15) is 20.3 Å². The van der Waals surface area contributed by atoms with Gasteiger partial charge in [-0.2, -0.15) is 8.42 Å². The van der Waals surface area contributed by atoms with Crippen molar-refractivity contribution in [3.8, 4) is 0 Å². The summed E-state index contributed by atoms with van der Waals surface area (Å²) in [6.07, 6.45) is 5.70. The predicted molar refractivity (Wildman–Crippen MR) is 54.3 cm³/mol. The molecule has 1 rings (SSSR count). The fraction of sp³-hybridized carbons (Fsp3) is 0.625. The summed E-state index contributed by atoms with van der Waals surface area (Å²) < 4.78 is 25.7. The summed E-state index contributed by atoms with van der Waals surface area (Å²) in [5.41, 5.74) is 0. The third-order valence-corrected chi connectivity index (χ3v) is 2.66. The van der Waals surface area contributed by atoms with Crippen molar-refractivity contribution in [1.29, 1.82) is 0 Å². The zero-order chi connectivity index (χ0) is 10.9. The van der Waals surface area contributed by atoms with E-state index in [4.69, 9.17) is 0 Å². The summed E-state index contributed by atoms with van der Waals surface area (Å²) >= 11 is 0. The first kappa shape index (κ1) is 13.1. The van der Waals surface area contributed by atoms with Crippen molar-refractivity contribution < 1.29 is 12.6 Å². The Hall–Kier alpha value is -0.880. The third-order valence-electron chi connectivity index (χ3n) is 1.16. The summed E-state index contributed by atoms with van der Waals surface area (Å²) in [5.74, 6) is 0.126. The van der Waals surface area contributed by atoms with Crippen molar-refractivity contribution in [2.45, 2.75) is 20.3 Å². The molecule has 5 nitrogen and oxygen atoms in total. The van der Waals surface area contributed by atoms with Crippen LogP contribution in [0.15, 0.2) is 18.7 Å². The average Bonchev–Trinajstić information content (AvgIpc) is 2.59. The first-order valence-corrected chi connectivity index (χ1v) is 6.00. The van der Waals surface area contributed by atoms with Crippen LogP contribution in [0, 0.1) is 0 Å².